The highest BCUT2D eigenvalue weighted by atomic mass is 15.5. The van der Waals surface area contributed by atoms with E-state index in [1.807, 2.05) is 12.1 Å². The molecule has 54 valence electrons. The maximum absolute atomic E-state index is 4.37. The molecule has 1 atom stereocenters. The molecule has 0 saturated heterocycles. The molecule has 1 heterocycles. The zero-order chi connectivity index (χ0) is 6.97. The first-order chi connectivity index (χ1) is 4.86. The molecule has 2 rings (SSSR count). The van der Waals surface area contributed by atoms with Crippen LogP contribution < -0.4 is 0 Å². The third-order valence-electron chi connectivity index (χ3n) is 2.16. The summed E-state index contributed by atoms with van der Waals surface area (Å²) in [6.45, 7) is 1.12. The summed E-state index contributed by atoms with van der Waals surface area (Å²) in [5.74, 6) is 0.731. The van der Waals surface area contributed by atoms with Crippen LogP contribution in [0.3, 0.4) is 0 Å². The highest BCUT2D eigenvalue weighted by Gasteiger charge is 2.23. The van der Waals surface area contributed by atoms with Gasteiger partial charge in [0, 0.05) is 19.5 Å². The zero-order valence-electron chi connectivity index (χ0n) is 6.25. The average Bonchev–Trinajstić information content (AvgIpc) is 2.27. The van der Waals surface area contributed by atoms with E-state index >= 15 is 0 Å². The molecule has 2 nitrogen and oxygen atoms in total. The summed E-state index contributed by atoms with van der Waals surface area (Å²) in [5, 5.41) is 6.41. The Bertz CT molecular complexity index is 193. The van der Waals surface area contributed by atoms with Crippen LogP contribution in [0.15, 0.2) is 17.3 Å². The van der Waals surface area contributed by atoms with Crippen LogP contribution in [0.25, 0.3) is 0 Å². The van der Waals surface area contributed by atoms with E-state index in [9.17, 15) is 0 Å². The molecule has 0 bridgehead atoms. The van der Waals surface area contributed by atoms with Gasteiger partial charge in [0.25, 0.3) is 0 Å². The van der Waals surface area contributed by atoms with Crippen LogP contribution in [-0.2, 0) is 0 Å². The predicted molar refractivity (Wildman–Crippen MR) is 41.9 cm³/mol. The Balaban J connectivity index is 2.22. The second-order valence-corrected chi connectivity index (χ2v) is 3.04. The molecule has 0 aromatic heterocycles. The van der Waals surface area contributed by atoms with Gasteiger partial charge in [-0.3, -0.25) is 5.01 Å². The fourth-order valence-corrected chi connectivity index (χ4v) is 1.64. The summed E-state index contributed by atoms with van der Waals surface area (Å²) < 4.78 is 0. The van der Waals surface area contributed by atoms with Crippen molar-refractivity contribution in [2.24, 2.45) is 11.0 Å². The van der Waals surface area contributed by atoms with Crippen LogP contribution in [-0.4, -0.2) is 24.3 Å². The molecule has 0 fully saturated rings. The molecular formula is C8H12N2. The Morgan fingerprint density at radius 3 is 3.40 bits per heavy atom. The first-order valence-corrected chi connectivity index (χ1v) is 3.82. The number of hydrogen-bond donors (Lipinski definition) is 0. The summed E-state index contributed by atoms with van der Waals surface area (Å²) in [6, 6.07) is 0. The normalized spacial score (nSPS) is 30.3. The monoisotopic (exact) mass is 136 g/mol. The number of nitrogens with zero attached hydrogens (tertiary/aromatic N) is 2. The van der Waals surface area contributed by atoms with Gasteiger partial charge in [-0.25, -0.2) is 0 Å². The SMILES string of the molecule is CN1CC2CCC=CC2=N1. The fraction of sp³-hybridized carbons (Fsp3) is 0.625. The molecule has 2 aliphatic rings. The number of fused-ring (bicyclic) bond motifs is 1. The van der Waals surface area contributed by atoms with Crippen LogP contribution in [0, 0.1) is 5.92 Å². The van der Waals surface area contributed by atoms with Gasteiger partial charge in [0.05, 0.1) is 5.71 Å². The summed E-state index contributed by atoms with van der Waals surface area (Å²) in [5.41, 5.74) is 1.29. The highest BCUT2D eigenvalue weighted by molar-refractivity contribution is 5.98. The van der Waals surface area contributed by atoms with E-state index in [0.717, 1.165) is 12.5 Å². The van der Waals surface area contributed by atoms with E-state index in [1.54, 1.807) is 0 Å². The average molecular weight is 136 g/mol. The van der Waals surface area contributed by atoms with Gasteiger partial charge in [-0.05, 0) is 18.9 Å². The minimum atomic E-state index is 0.731. The molecule has 0 N–H and O–H groups in total. The molecule has 1 unspecified atom stereocenters. The van der Waals surface area contributed by atoms with Gasteiger partial charge in [0.15, 0.2) is 0 Å². The van der Waals surface area contributed by atoms with Crippen molar-refractivity contribution in [1.29, 1.82) is 0 Å². The molecule has 0 amide bonds. The summed E-state index contributed by atoms with van der Waals surface area (Å²) >= 11 is 0. The van der Waals surface area contributed by atoms with Crippen molar-refractivity contribution in [1.82, 2.24) is 5.01 Å². The third-order valence-corrected chi connectivity index (χ3v) is 2.16. The van der Waals surface area contributed by atoms with Gasteiger partial charge in [-0.15, -0.1) is 0 Å². The first-order valence-electron chi connectivity index (χ1n) is 3.82. The van der Waals surface area contributed by atoms with E-state index < -0.39 is 0 Å². The Kier molecular flexibility index (Phi) is 1.26. The molecule has 0 aromatic rings. The Morgan fingerprint density at radius 2 is 2.60 bits per heavy atom. The number of allylic oxidation sites excluding steroid dienone is 2. The Morgan fingerprint density at radius 1 is 1.70 bits per heavy atom. The Labute approximate surface area is 61.2 Å². The first kappa shape index (κ1) is 5.96. The lowest BCUT2D eigenvalue weighted by Crippen LogP contribution is -2.17. The second kappa shape index (κ2) is 2.11. The lowest BCUT2D eigenvalue weighted by atomic mass is 9.93. The quantitative estimate of drug-likeness (QED) is 0.489. The van der Waals surface area contributed by atoms with Crippen LogP contribution in [0.4, 0.5) is 0 Å². The van der Waals surface area contributed by atoms with E-state index in [1.165, 1.54) is 18.6 Å². The molecule has 0 spiro atoms. The molecule has 1 aliphatic heterocycles. The van der Waals surface area contributed by atoms with Gasteiger partial charge in [-0.2, -0.15) is 5.10 Å². The zero-order valence-corrected chi connectivity index (χ0v) is 6.25. The smallest absolute Gasteiger partial charge is 0.0651 e. The van der Waals surface area contributed by atoms with Crippen molar-refractivity contribution < 1.29 is 0 Å². The van der Waals surface area contributed by atoms with Gasteiger partial charge in [0.2, 0.25) is 0 Å². The van der Waals surface area contributed by atoms with Crippen molar-refractivity contribution in [3.05, 3.63) is 12.2 Å². The van der Waals surface area contributed by atoms with Gasteiger partial charge in [-0.1, -0.05) is 6.08 Å². The van der Waals surface area contributed by atoms with E-state index in [2.05, 4.69) is 17.3 Å². The lowest BCUT2D eigenvalue weighted by molar-refractivity contribution is 0.355. The molecule has 10 heavy (non-hydrogen) atoms. The van der Waals surface area contributed by atoms with E-state index in [4.69, 9.17) is 0 Å². The minimum absolute atomic E-state index is 0.731. The van der Waals surface area contributed by atoms with Gasteiger partial charge >= 0.3 is 0 Å². The van der Waals surface area contributed by atoms with Gasteiger partial charge in [0.1, 0.15) is 0 Å². The van der Waals surface area contributed by atoms with Crippen LogP contribution in [0.2, 0.25) is 0 Å². The Hall–Kier alpha value is -0.790. The third kappa shape index (κ3) is 0.838. The van der Waals surface area contributed by atoms with Crippen molar-refractivity contribution in [2.45, 2.75) is 12.8 Å². The maximum atomic E-state index is 4.37. The van der Waals surface area contributed by atoms with Crippen molar-refractivity contribution in [3.8, 4) is 0 Å². The standard InChI is InChI=1S/C8H12N2/c1-10-6-7-4-2-3-5-8(7)9-10/h3,5,7H,2,4,6H2,1H3. The van der Waals surface area contributed by atoms with Gasteiger partial charge < -0.3 is 0 Å². The molecular weight excluding hydrogens is 124 g/mol. The highest BCUT2D eigenvalue weighted by Crippen LogP contribution is 2.22. The van der Waals surface area contributed by atoms with Crippen LogP contribution in [0.1, 0.15) is 12.8 Å². The summed E-state index contributed by atoms with van der Waals surface area (Å²) in [4.78, 5) is 0. The minimum Gasteiger partial charge on any atom is -0.299 e. The van der Waals surface area contributed by atoms with Crippen molar-refractivity contribution in [3.63, 3.8) is 0 Å². The number of hydrogen-bond acceptors (Lipinski definition) is 2. The summed E-state index contributed by atoms with van der Waals surface area (Å²) in [6.07, 6.45) is 6.91. The maximum Gasteiger partial charge on any atom is 0.0651 e. The van der Waals surface area contributed by atoms with Crippen molar-refractivity contribution in [2.75, 3.05) is 13.6 Å². The lowest BCUT2D eigenvalue weighted by Gasteiger charge is -2.12. The number of hydrazone groups is 1. The van der Waals surface area contributed by atoms with E-state index in [-0.39, 0.29) is 0 Å². The van der Waals surface area contributed by atoms with Crippen molar-refractivity contribution >= 4 is 5.71 Å². The number of rotatable bonds is 0. The summed E-state index contributed by atoms with van der Waals surface area (Å²) in [7, 11) is 2.04. The molecule has 1 aliphatic carbocycles. The second-order valence-electron chi connectivity index (χ2n) is 3.04. The van der Waals surface area contributed by atoms with Crippen LogP contribution >= 0.6 is 0 Å². The molecule has 0 saturated carbocycles. The van der Waals surface area contributed by atoms with Crippen LogP contribution in [0.5, 0.6) is 0 Å². The predicted octanol–water partition coefficient (Wildman–Crippen LogP) is 1.25. The molecule has 0 aromatic carbocycles. The topological polar surface area (TPSA) is 15.6 Å². The fourth-order valence-electron chi connectivity index (χ4n) is 1.64. The molecule has 0 radical (unpaired) electrons. The van der Waals surface area contributed by atoms with E-state index in [0.29, 0.717) is 0 Å². The largest absolute Gasteiger partial charge is 0.299 e. The molecule has 2 heteroatoms.